The van der Waals surface area contributed by atoms with Crippen molar-refractivity contribution in [1.29, 1.82) is 0 Å². The molecule has 0 fully saturated rings. The largest absolute Gasteiger partial charge is 0.413 e. The van der Waals surface area contributed by atoms with Gasteiger partial charge in [0.2, 0.25) is 5.91 Å². The van der Waals surface area contributed by atoms with Gasteiger partial charge < -0.3 is 16.0 Å². The number of halogens is 5. The number of amides is 3. The molecule has 1 atom stereocenters. The number of alkyl halides is 3. The zero-order chi connectivity index (χ0) is 16.9. The van der Waals surface area contributed by atoms with Crippen molar-refractivity contribution in [2.75, 3.05) is 13.6 Å². The Morgan fingerprint density at radius 2 is 1.73 bits per heavy atom. The van der Waals surface area contributed by atoms with Gasteiger partial charge in [0.1, 0.15) is 11.6 Å². The van der Waals surface area contributed by atoms with Gasteiger partial charge in [-0.3, -0.25) is 4.79 Å². The van der Waals surface area contributed by atoms with Gasteiger partial charge in [0, 0.05) is 7.05 Å². The van der Waals surface area contributed by atoms with E-state index in [4.69, 9.17) is 0 Å². The van der Waals surface area contributed by atoms with Crippen molar-refractivity contribution in [3.8, 4) is 0 Å². The number of carbonyl (C=O) groups excluding carboxylic acids is 2. The summed E-state index contributed by atoms with van der Waals surface area (Å²) in [7, 11) is 1.24. The topological polar surface area (TPSA) is 70.2 Å². The summed E-state index contributed by atoms with van der Waals surface area (Å²) in [5, 5.41) is 5.48. The molecule has 0 saturated carbocycles. The van der Waals surface area contributed by atoms with Gasteiger partial charge in [0.05, 0.1) is 12.1 Å². The maximum absolute atomic E-state index is 13.5. The smallest absolute Gasteiger partial charge is 0.341 e. The zero-order valence-corrected chi connectivity index (χ0v) is 11.2. The number of carbonyl (C=O) groups is 2. The number of benzene rings is 1. The summed E-state index contributed by atoms with van der Waals surface area (Å²) in [4.78, 5) is 22.3. The molecule has 0 bridgehead atoms. The Morgan fingerprint density at radius 3 is 2.18 bits per heavy atom. The molecule has 0 radical (unpaired) electrons. The lowest BCUT2D eigenvalue weighted by molar-refractivity contribution is -0.164. The van der Waals surface area contributed by atoms with Gasteiger partial charge in [-0.2, -0.15) is 13.2 Å². The van der Waals surface area contributed by atoms with E-state index in [2.05, 4.69) is 5.32 Å². The average Bonchev–Trinajstić information content (AvgIpc) is 2.42. The molecule has 0 heterocycles. The third kappa shape index (κ3) is 4.57. The minimum absolute atomic E-state index is 0.645. The van der Waals surface area contributed by atoms with Crippen molar-refractivity contribution in [3.63, 3.8) is 0 Å². The van der Waals surface area contributed by atoms with E-state index in [9.17, 15) is 31.5 Å². The molecule has 0 aliphatic heterocycles. The first-order valence-electron chi connectivity index (χ1n) is 5.92. The number of hydrogen-bond donors (Lipinski definition) is 3. The van der Waals surface area contributed by atoms with E-state index in [-0.39, 0.29) is 0 Å². The van der Waals surface area contributed by atoms with Crippen LogP contribution in [0.5, 0.6) is 0 Å². The summed E-state index contributed by atoms with van der Waals surface area (Å²) in [6, 6.07) is -1.47. The molecular weight excluding hydrogens is 313 g/mol. The lowest BCUT2D eigenvalue weighted by atomic mass is 10.0. The first kappa shape index (κ1) is 17.7. The van der Waals surface area contributed by atoms with Gasteiger partial charge in [-0.25, -0.2) is 13.6 Å². The van der Waals surface area contributed by atoms with Crippen LogP contribution in [-0.2, 0) is 4.79 Å². The van der Waals surface area contributed by atoms with Gasteiger partial charge in [0.25, 0.3) is 0 Å². The Labute approximate surface area is 121 Å². The molecule has 1 aromatic carbocycles. The quantitative estimate of drug-likeness (QED) is 0.736. The Morgan fingerprint density at radius 1 is 1.18 bits per heavy atom. The van der Waals surface area contributed by atoms with Gasteiger partial charge in [-0.05, 0) is 12.1 Å². The zero-order valence-electron chi connectivity index (χ0n) is 11.2. The van der Waals surface area contributed by atoms with Crippen LogP contribution < -0.4 is 16.0 Å². The Balaban J connectivity index is 2.96. The molecule has 22 heavy (non-hydrogen) atoms. The third-order valence-corrected chi connectivity index (χ3v) is 2.56. The SMILES string of the molecule is CNC(=O)NCC(=O)N[C@H](c1c(F)cccc1F)C(F)(F)F. The maximum atomic E-state index is 13.5. The highest BCUT2D eigenvalue weighted by molar-refractivity contribution is 5.84. The molecule has 3 N–H and O–H groups in total. The standard InChI is InChI=1S/C12H12F5N3O2/c1-18-11(22)19-5-8(21)20-10(12(15,16)17)9-6(13)3-2-4-7(9)14/h2-4,10H,5H2,1H3,(H,20,21)(H2,18,19,22)/t10-/m1/s1. The molecule has 1 rings (SSSR count). The van der Waals surface area contributed by atoms with Crippen molar-refractivity contribution in [3.05, 3.63) is 35.4 Å². The van der Waals surface area contributed by atoms with E-state index in [0.717, 1.165) is 6.07 Å². The van der Waals surface area contributed by atoms with Crippen LogP contribution in [0.1, 0.15) is 11.6 Å². The molecule has 0 saturated heterocycles. The lowest BCUT2D eigenvalue weighted by Gasteiger charge is -2.23. The lowest BCUT2D eigenvalue weighted by Crippen LogP contribution is -2.45. The highest BCUT2D eigenvalue weighted by Crippen LogP contribution is 2.35. The predicted octanol–water partition coefficient (Wildman–Crippen LogP) is 1.61. The second kappa shape index (κ2) is 7.05. The van der Waals surface area contributed by atoms with E-state index < -0.39 is 47.9 Å². The van der Waals surface area contributed by atoms with Gasteiger partial charge >= 0.3 is 12.2 Å². The van der Waals surface area contributed by atoms with Crippen molar-refractivity contribution < 1.29 is 31.5 Å². The van der Waals surface area contributed by atoms with E-state index in [1.807, 2.05) is 5.32 Å². The molecule has 0 spiro atoms. The van der Waals surface area contributed by atoms with Crippen LogP contribution in [0.25, 0.3) is 0 Å². The fraction of sp³-hybridized carbons (Fsp3) is 0.333. The summed E-state index contributed by atoms with van der Waals surface area (Å²) >= 11 is 0. The van der Waals surface area contributed by atoms with E-state index >= 15 is 0 Å². The van der Waals surface area contributed by atoms with Crippen molar-refractivity contribution >= 4 is 11.9 Å². The molecule has 3 amide bonds. The summed E-state index contributed by atoms with van der Waals surface area (Å²) < 4.78 is 65.8. The van der Waals surface area contributed by atoms with Crippen molar-refractivity contribution in [2.24, 2.45) is 0 Å². The first-order valence-corrected chi connectivity index (χ1v) is 5.92. The van der Waals surface area contributed by atoms with Gasteiger partial charge in [0.15, 0.2) is 6.04 Å². The fourth-order valence-electron chi connectivity index (χ4n) is 1.57. The predicted molar refractivity (Wildman–Crippen MR) is 65.8 cm³/mol. The summed E-state index contributed by atoms with van der Waals surface area (Å²) in [5.74, 6) is -4.14. The van der Waals surface area contributed by atoms with Crippen LogP contribution in [-0.4, -0.2) is 31.7 Å². The molecule has 5 nitrogen and oxygen atoms in total. The number of urea groups is 1. The number of hydrogen-bond acceptors (Lipinski definition) is 2. The molecule has 0 unspecified atom stereocenters. The van der Waals surface area contributed by atoms with Crippen molar-refractivity contribution in [1.82, 2.24) is 16.0 Å². The van der Waals surface area contributed by atoms with E-state index in [1.165, 1.54) is 12.4 Å². The Kier molecular flexibility index (Phi) is 5.66. The summed E-state index contributed by atoms with van der Waals surface area (Å²) in [6.45, 7) is -0.789. The third-order valence-electron chi connectivity index (χ3n) is 2.56. The molecule has 1 aromatic rings. The Bertz CT molecular complexity index is 542. The fourth-order valence-corrected chi connectivity index (χ4v) is 1.57. The second-order valence-corrected chi connectivity index (χ2v) is 4.11. The minimum Gasteiger partial charge on any atom is -0.341 e. The second-order valence-electron chi connectivity index (χ2n) is 4.11. The van der Waals surface area contributed by atoms with Crippen molar-refractivity contribution in [2.45, 2.75) is 12.2 Å². The van der Waals surface area contributed by atoms with Gasteiger partial charge in [-0.15, -0.1) is 0 Å². The van der Waals surface area contributed by atoms with Crippen LogP contribution in [0.2, 0.25) is 0 Å². The molecule has 122 valence electrons. The van der Waals surface area contributed by atoms with Crippen LogP contribution >= 0.6 is 0 Å². The first-order chi connectivity index (χ1) is 10.2. The monoisotopic (exact) mass is 325 g/mol. The van der Waals surface area contributed by atoms with E-state index in [0.29, 0.717) is 12.1 Å². The molecule has 0 aromatic heterocycles. The maximum Gasteiger partial charge on any atom is 0.413 e. The molecule has 10 heteroatoms. The Hall–Kier alpha value is -2.39. The molecule has 0 aliphatic carbocycles. The molecule has 0 aliphatic rings. The van der Waals surface area contributed by atoms with Crippen LogP contribution in [0.15, 0.2) is 18.2 Å². The van der Waals surface area contributed by atoms with Crippen LogP contribution in [0.3, 0.4) is 0 Å². The normalized spacial score (nSPS) is 12.5. The minimum atomic E-state index is -5.12. The van der Waals surface area contributed by atoms with Crippen LogP contribution in [0, 0.1) is 11.6 Å². The molecular formula is C12H12F5N3O2. The highest BCUT2D eigenvalue weighted by atomic mass is 19.4. The highest BCUT2D eigenvalue weighted by Gasteiger charge is 2.44. The van der Waals surface area contributed by atoms with Gasteiger partial charge in [-0.1, -0.05) is 6.07 Å². The summed E-state index contributed by atoms with van der Waals surface area (Å²) in [5.41, 5.74) is -1.32. The van der Waals surface area contributed by atoms with Crippen LogP contribution in [0.4, 0.5) is 26.7 Å². The number of rotatable bonds is 4. The van der Waals surface area contributed by atoms with E-state index in [1.54, 1.807) is 0 Å². The average molecular weight is 325 g/mol. The number of nitrogens with one attached hydrogen (secondary N) is 3. The summed E-state index contributed by atoms with van der Waals surface area (Å²) in [6.07, 6.45) is -5.12.